The van der Waals surface area contributed by atoms with Crippen LogP contribution in [0.5, 0.6) is 0 Å². The Bertz CT molecular complexity index is 167. The summed E-state index contributed by atoms with van der Waals surface area (Å²) < 4.78 is 4.83. The summed E-state index contributed by atoms with van der Waals surface area (Å²) in [4.78, 5) is 2.60. The van der Waals surface area contributed by atoms with Gasteiger partial charge in [0.15, 0.2) is 0 Å². The number of rotatable bonds is 8. The molecule has 0 aromatic rings. The van der Waals surface area contributed by atoms with E-state index in [1.807, 2.05) is 11.9 Å². The Labute approximate surface area is 91.0 Å². The first kappa shape index (κ1) is 13.8. The lowest BCUT2D eigenvalue weighted by atomic mass is 10.3. The topological polar surface area (TPSA) is 58.7 Å². The van der Waals surface area contributed by atoms with Gasteiger partial charge in [-0.3, -0.25) is 0 Å². The first-order valence-electron chi connectivity index (χ1n) is 4.70. The molecule has 1 unspecified atom stereocenters. The van der Waals surface area contributed by atoms with E-state index in [-0.39, 0.29) is 0 Å². The van der Waals surface area contributed by atoms with Crippen molar-refractivity contribution in [3.8, 4) is 0 Å². The highest BCUT2D eigenvalue weighted by molar-refractivity contribution is 7.80. The highest BCUT2D eigenvalue weighted by Gasteiger charge is 2.07. The van der Waals surface area contributed by atoms with Gasteiger partial charge in [-0.05, 0) is 26.4 Å². The van der Waals surface area contributed by atoms with E-state index in [1.165, 1.54) is 0 Å². The number of ether oxygens (including phenoxy) is 1. The van der Waals surface area contributed by atoms with E-state index in [2.05, 4.69) is 0 Å². The zero-order chi connectivity index (χ0) is 11.0. The van der Waals surface area contributed by atoms with Crippen molar-refractivity contribution in [3.63, 3.8) is 0 Å². The summed E-state index contributed by atoms with van der Waals surface area (Å²) in [5.41, 5.74) is 5.37. The quantitative estimate of drug-likeness (QED) is 0.564. The molecule has 0 aromatic carbocycles. The largest absolute Gasteiger partial charge is 0.393 e. The van der Waals surface area contributed by atoms with E-state index in [1.54, 1.807) is 7.11 Å². The summed E-state index contributed by atoms with van der Waals surface area (Å²) in [6.45, 7) is 1.88. The fourth-order valence-corrected chi connectivity index (χ4v) is 1.36. The Hall–Kier alpha value is -0.230. The zero-order valence-electron chi connectivity index (χ0n) is 8.90. The van der Waals surface area contributed by atoms with Crippen molar-refractivity contribution in [2.24, 2.45) is 5.73 Å². The summed E-state index contributed by atoms with van der Waals surface area (Å²) in [5, 5.41) is 9.41. The highest BCUT2D eigenvalue weighted by Crippen LogP contribution is 1.95. The molecule has 0 rings (SSSR count). The molecule has 0 aromatic heterocycles. The molecule has 0 spiro atoms. The fraction of sp³-hybridized carbons (Fsp3) is 0.889. The Kier molecular flexibility index (Phi) is 7.98. The molecule has 0 bridgehead atoms. The summed E-state index contributed by atoms with van der Waals surface area (Å²) in [7, 11) is 3.54. The normalized spacial score (nSPS) is 13.1. The molecule has 1 atom stereocenters. The van der Waals surface area contributed by atoms with Crippen molar-refractivity contribution < 1.29 is 9.84 Å². The average Bonchev–Trinajstić information content (AvgIpc) is 2.03. The number of thiocarbonyl (C=S) groups is 1. The third-order valence-corrected chi connectivity index (χ3v) is 2.05. The SMILES string of the molecule is COCC(O)CN(C)CCCC(N)=S. The van der Waals surface area contributed by atoms with Gasteiger partial charge in [-0.25, -0.2) is 0 Å². The molecule has 5 heteroatoms. The lowest BCUT2D eigenvalue weighted by molar-refractivity contribution is 0.0432. The molecule has 0 fully saturated rings. The van der Waals surface area contributed by atoms with Gasteiger partial charge < -0.3 is 20.5 Å². The third-order valence-electron chi connectivity index (χ3n) is 1.84. The first-order chi connectivity index (χ1) is 6.56. The minimum absolute atomic E-state index is 0.375. The number of likely N-dealkylation sites (N-methyl/N-ethyl adjacent to an activating group) is 1. The van der Waals surface area contributed by atoms with Crippen LogP contribution < -0.4 is 5.73 Å². The van der Waals surface area contributed by atoms with Crippen LogP contribution in [0.25, 0.3) is 0 Å². The monoisotopic (exact) mass is 220 g/mol. The van der Waals surface area contributed by atoms with Crippen molar-refractivity contribution >= 4 is 17.2 Å². The van der Waals surface area contributed by atoms with Crippen molar-refractivity contribution in [1.29, 1.82) is 0 Å². The molecule has 14 heavy (non-hydrogen) atoms. The van der Waals surface area contributed by atoms with E-state index in [9.17, 15) is 5.11 Å². The van der Waals surface area contributed by atoms with E-state index in [4.69, 9.17) is 22.7 Å². The number of aliphatic hydroxyl groups excluding tert-OH is 1. The molecule has 4 nitrogen and oxygen atoms in total. The number of hydrogen-bond acceptors (Lipinski definition) is 4. The predicted octanol–water partition coefficient (Wildman–Crippen LogP) is -0.00820. The molecular formula is C9H20N2O2S. The van der Waals surface area contributed by atoms with Crippen LogP contribution in [0.4, 0.5) is 0 Å². The van der Waals surface area contributed by atoms with Crippen LogP contribution in [0.1, 0.15) is 12.8 Å². The summed E-state index contributed by atoms with van der Waals surface area (Å²) in [6, 6.07) is 0. The highest BCUT2D eigenvalue weighted by atomic mass is 32.1. The number of aliphatic hydroxyl groups is 1. The predicted molar refractivity (Wildman–Crippen MR) is 61.4 cm³/mol. The maximum absolute atomic E-state index is 9.41. The molecule has 0 aliphatic carbocycles. The van der Waals surface area contributed by atoms with Gasteiger partial charge in [-0.15, -0.1) is 0 Å². The molecule has 0 heterocycles. The van der Waals surface area contributed by atoms with Crippen molar-refractivity contribution in [2.75, 3.05) is 33.9 Å². The van der Waals surface area contributed by atoms with Crippen LogP contribution in [0.15, 0.2) is 0 Å². The molecular weight excluding hydrogens is 200 g/mol. The van der Waals surface area contributed by atoms with Gasteiger partial charge >= 0.3 is 0 Å². The van der Waals surface area contributed by atoms with E-state index in [0.717, 1.165) is 19.4 Å². The maximum atomic E-state index is 9.41. The average molecular weight is 220 g/mol. The van der Waals surface area contributed by atoms with E-state index in [0.29, 0.717) is 18.1 Å². The lowest BCUT2D eigenvalue weighted by Crippen LogP contribution is -2.32. The molecule has 0 saturated heterocycles. The van der Waals surface area contributed by atoms with Gasteiger partial charge in [-0.1, -0.05) is 12.2 Å². The Morgan fingerprint density at radius 1 is 1.64 bits per heavy atom. The van der Waals surface area contributed by atoms with E-state index < -0.39 is 6.10 Å². The smallest absolute Gasteiger partial charge is 0.0899 e. The van der Waals surface area contributed by atoms with E-state index >= 15 is 0 Å². The van der Waals surface area contributed by atoms with Crippen molar-refractivity contribution in [1.82, 2.24) is 4.90 Å². The number of nitrogens with zero attached hydrogens (tertiary/aromatic N) is 1. The van der Waals surface area contributed by atoms with Crippen LogP contribution in [-0.2, 0) is 4.74 Å². The van der Waals surface area contributed by atoms with Gasteiger partial charge in [-0.2, -0.15) is 0 Å². The minimum Gasteiger partial charge on any atom is -0.393 e. The number of nitrogens with two attached hydrogens (primary N) is 1. The minimum atomic E-state index is -0.421. The molecule has 0 saturated carbocycles. The van der Waals surface area contributed by atoms with Crippen LogP contribution in [-0.4, -0.2) is 55.0 Å². The summed E-state index contributed by atoms with van der Waals surface area (Å²) in [6.07, 6.45) is 1.28. The van der Waals surface area contributed by atoms with Gasteiger partial charge in [0, 0.05) is 13.7 Å². The summed E-state index contributed by atoms with van der Waals surface area (Å²) in [5.74, 6) is 0. The fourth-order valence-electron chi connectivity index (χ4n) is 1.22. The summed E-state index contributed by atoms with van der Waals surface area (Å²) >= 11 is 4.77. The second-order valence-electron chi connectivity index (χ2n) is 3.44. The molecule has 0 radical (unpaired) electrons. The maximum Gasteiger partial charge on any atom is 0.0899 e. The van der Waals surface area contributed by atoms with Gasteiger partial charge in [0.1, 0.15) is 0 Å². The second kappa shape index (κ2) is 8.11. The third kappa shape index (κ3) is 8.37. The number of methoxy groups -OCH3 is 1. The number of hydrogen-bond donors (Lipinski definition) is 2. The van der Waals surface area contributed by atoms with Crippen molar-refractivity contribution in [2.45, 2.75) is 18.9 Å². The Balaban J connectivity index is 3.44. The Morgan fingerprint density at radius 3 is 2.79 bits per heavy atom. The van der Waals surface area contributed by atoms with Crippen LogP contribution in [0.3, 0.4) is 0 Å². The molecule has 0 amide bonds. The Morgan fingerprint density at radius 2 is 2.29 bits per heavy atom. The molecule has 0 aliphatic rings. The van der Waals surface area contributed by atoms with Gasteiger partial charge in [0.2, 0.25) is 0 Å². The lowest BCUT2D eigenvalue weighted by Gasteiger charge is -2.19. The zero-order valence-corrected chi connectivity index (χ0v) is 9.72. The second-order valence-corrected chi connectivity index (χ2v) is 3.97. The standard InChI is InChI=1S/C9H20N2O2S/c1-11(5-3-4-9(10)14)6-8(12)7-13-2/h8,12H,3-7H2,1-2H3,(H2,10,14). The van der Waals surface area contributed by atoms with Gasteiger partial charge in [0.05, 0.1) is 17.7 Å². The van der Waals surface area contributed by atoms with Crippen LogP contribution >= 0.6 is 12.2 Å². The van der Waals surface area contributed by atoms with Crippen LogP contribution in [0, 0.1) is 0 Å². The van der Waals surface area contributed by atoms with Crippen LogP contribution in [0.2, 0.25) is 0 Å². The molecule has 0 aliphatic heterocycles. The molecule has 84 valence electrons. The molecule has 3 N–H and O–H groups in total. The first-order valence-corrected chi connectivity index (χ1v) is 5.11. The van der Waals surface area contributed by atoms with Gasteiger partial charge in [0.25, 0.3) is 0 Å². The van der Waals surface area contributed by atoms with Crippen molar-refractivity contribution in [3.05, 3.63) is 0 Å².